The summed E-state index contributed by atoms with van der Waals surface area (Å²) in [5.74, 6) is -14.2. The summed E-state index contributed by atoms with van der Waals surface area (Å²) in [6, 6.07) is 3.32. The summed E-state index contributed by atoms with van der Waals surface area (Å²) in [5.41, 5.74) is -0.768. The lowest BCUT2D eigenvalue weighted by Gasteiger charge is -2.31. The van der Waals surface area contributed by atoms with Gasteiger partial charge in [-0.3, -0.25) is 10.1 Å². The van der Waals surface area contributed by atoms with Crippen molar-refractivity contribution in [2.75, 3.05) is 0 Å². The molecule has 0 aromatic heterocycles. The number of alkyl halides is 9. The lowest BCUT2D eigenvalue weighted by molar-refractivity contribution is -0.384. The molecule has 0 aliphatic rings. The lowest BCUT2D eigenvalue weighted by Crippen LogP contribution is -2.61. The van der Waals surface area contributed by atoms with Crippen LogP contribution in [-0.2, 0) is 11.0 Å². The number of nitro groups is 1. The van der Waals surface area contributed by atoms with Crippen molar-refractivity contribution in [1.29, 1.82) is 0 Å². The van der Waals surface area contributed by atoms with Gasteiger partial charge >= 0.3 is 23.3 Å². The highest BCUT2D eigenvalue weighted by Gasteiger charge is 2.83. The molecule has 0 aliphatic heterocycles. The Labute approximate surface area is 140 Å². The SMILES string of the molecule is O=[N+]([O-])c1ccc(C=N[S@@](=O)C(F)(F)C(F)(F)C(F)(F)C(F)(F)F)cc1. The molecular formula is C11H5F9N2O3S. The van der Waals surface area contributed by atoms with Crippen LogP contribution in [0.3, 0.4) is 0 Å². The van der Waals surface area contributed by atoms with E-state index in [1.165, 1.54) is 0 Å². The van der Waals surface area contributed by atoms with Gasteiger partial charge in [-0.1, -0.05) is 0 Å². The van der Waals surface area contributed by atoms with Crippen LogP contribution in [0.5, 0.6) is 0 Å². The highest BCUT2D eigenvalue weighted by Crippen LogP contribution is 2.54. The second-order valence-electron chi connectivity index (χ2n) is 4.50. The smallest absolute Gasteiger partial charge is 0.258 e. The number of hydrogen-bond acceptors (Lipinski definition) is 3. The monoisotopic (exact) mass is 416 g/mol. The van der Waals surface area contributed by atoms with Gasteiger partial charge in [-0.25, -0.2) is 4.21 Å². The van der Waals surface area contributed by atoms with Crippen molar-refractivity contribution >= 4 is 22.9 Å². The van der Waals surface area contributed by atoms with Crippen molar-refractivity contribution in [2.45, 2.75) is 23.3 Å². The maximum atomic E-state index is 13.3. The Morgan fingerprint density at radius 3 is 1.77 bits per heavy atom. The van der Waals surface area contributed by atoms with E-state index < -0.39 is 44.9 Å². The fourth-order valence-electron chi connectivity index (χ4n) is 1.33. The fourth-order valence-corrected chi connectivity index (χ4v) is 2.02. The summed E-state index contributed by atoms with van der Waals surface area (Å²) in [6.07, 6.45) is -6.85. The van der Waals surface area contributed by atoms with Gasteiger partial charge in [0.15, 0.2) is 0 Å². The number of rotatable bonds is 6. The third-order valence-electron chi connectivity index (χ3n) is 2.74. The topological polar surface area (TPSA) is 72.6 Å². The number of benzene rings is 1. The van der Waals surface area contributed by atoms with Crippen molar-refractivity contribution in [3.63, 3.8) is 0 Å². The predicted molar refractivity (Wildman–Crippen MR) is 69.7 cm³/mol. The van der Waals surface area contributed by atoms with Gasteiger partial charge in [0, 0.05) is 18.3 Å². The van der Waals surface area contributed by atoms with Crippen LogP contribution in [0.2, 0.25) is 0 Å². The van der Waals surface area contributed by atoms with Crippen molar-refractivity contribution in [2.24, 2.45) is 4.40 Å². The highest BCUT2D eigenvalue weighted by atomic mass is 32.2. The van der Waals surface area contributed by atoms with Gasteiger partial charge in [0.1, 0.15) is 0 Å². The van der Waals surface area contributed by atoms with E-state index in [9.17, 15) is 53.8 Å². The highest BCUT2D eigenvalue weighted by molar-refractivity contribution is 7.85. The van der Waals surface area contributed by atoms with Gasteiger partial charge < -0.3 is 0 Å². The summed E-state index contributed by atoms with van der Waals surface area (Å²) < 4.78 is 127. The molecule has 0 amide bonds. The molecule has 5 nitrogen and oxygen atoms in total. The summed E-state index contributed by atoms with van der Waals surface area (Å²) in [6.45, 7) is 0. The second kappa shape index (κ2) is 6.85. The van der Waals surface area contributed by atoms with E-state index in [4.69, 9.17) is 0 Å². The van der Waals surface area contributed by atoms with Crippen LogP contribution in [0, 0.1) is 10.1 Å². The zero-order valence-electron chi connectivity index (χ0n) is 11.8. The zero-order chi connectivity index (χ0) is 20.6. The van der Waals surface area contributed by atoms with E-state index in [0.29, 0.717) is 0 Å². The second-order valence-corrected chi connectivity index (χ2v) is 5.72. The van der Waals surface area contributed by atoms with Crippen LogP contribution in [0.25, 0.3) is 0 Å². The van der Waals surface area contributed by atoms with Crippen LogP contribution in [-0.4, -0.2) is 38.6 Å². The van der Waals surface area contributed by atoms with Crippen molar-refractivity contribution < 1.29 is 48.6 Å². The fraction of sp³-hybridized carbons (Fsp3) is 0.364. The predicted octanol–water partition coefficient (Wildman–Crippen LogP) is 4.10. The van der Waals surface area contributed by atoms with Gasteiger partial charge in [-0.15, -0.1) is 0 Å². The van der Waals surface area contributed by atoms with E-state index in [1.807, 2.05) is 0 Å². The molecule has 0 heterocycles. The van der Waals surface area contributed by atoms with E-state index in [0.717, 1.165) is 24.3 Å². The van der Waals surface area contributed by atoms with E-state index in [1.54, 1.807) is 0 Å². The van der Waals surface area contributed by atoms with Crippen molar-refractivity contribution in [1.82, 2.24) is 0 Å². The van der Waals surface area contributed by atoms with Gasteiger partial charge in [-0.05, 0) is 17.7 Å². The molecule has 0 unspecified atom stereocenters. The Bertz CT molecular complexity index is 731. The molecular weight excluding hydrogens is 411 g/mol. The summed E-state index contributed by atoms with van der Waals surface area (Å²) in [5, 5.41) is 4.00. The minimum absolute atomic E-state index is 0.190. The largest absolute Gasteiger partial charge is 0.460 e. The molecule has 0 saturated carbocycles. The van der Waals surface area contributed by atoms with Gasteiger partial charge in [0.25, 0.3) is 5.69 Å². The first-order valence-corrected chi connectivity index (χ1v) is 7.07. The summed E-state index contributed by atoms with van der Waals surface area (Å²) >= 11 is 0. The van der Waals surface area contributed by atoms with Crippen LogP contribution >= 0.6 is 0 Å². The molecule has 0 radical (unpaired) electrons. The van der Waals surface area contributed by atoms with Crippen LogP contribution < -0.4 is 0 Å². The molecule has 1 aromatic carbocycles. The molecule has 1 rings (SSSR count). The maximum absolute atomic E-state index is 13.3. The molecule has 0 fully saturated rings. The molecule has 146 valence electrons. The minimum atomic E-state index is -7.18. The average Bonchev–Trinajstić information content (AvgIpc) is 2.51. The van der Waals surface area contributed by atoms with Crippen LogP contribution in [0.4, 0.5) is 45.2 Å². The Morgan fingerprint density at radius 1 is 0.923 bits per heavy atom. The number of non-ortho nitro benzene ring substituents is 1. The first kappa shape index (κ1) is 21.9. The van der Waals surface area contributed by atoms with Crippen LogP contribution in [0.1, 0.15) is 5.56 Å². The molecule has 1 atom stereocenters. The van der Waals surface area contributed by atoms with E-state index >= 15 is 0 Å². The molecule has 0 aliphatic carbocycles. The van der Waals surface area contributed by atoms with E-state index in [-0.39, 0.29) is 11.8 Å². The standard InChI is InChI=1S/C11H5F9N2O3S/c12-8(13,10(16,17)18)9(14,15)11(19,20)26(25)21-5-6-1-3-7(4-2-6)22(23)24/h1-5H/t26-/m0/s1. The molecule has 15 heteroatoms. The Balaban J connectivity index is 3.12. The Hall–Kier alpha value is -2.19. The van der Waals surface area contributed by atoms with Crippen molar-refractivity contribution in [3.8, 4) is 0 Å². The first-order valence-electron chi connectivity index (χ1n) is 5.96. The third kappa shape index (κ3) is 3.81. The molecule has 0 bridgehead atoms. The van der Waals surface area contributed by atoms with Crippen molar-refractivity contribution in [3.05, 3.63) is 39.9 Å². The number of nitrogens with zero attached hydrogens (tertiary/aromatic N) is 2. The van der Waals surface area contributed by atoms with E-state index in [2.05, 4.69) is 4.40 Å². The first-order chi connectivity index (χ1) is 11.6. The van der Waals surface area contributed by atoms with Gasteiger partial charge in [0.2, 0.25) is 11.0 Å². The number of nitro benzene ring substituents is 1. The van der Waals surface area contributed by atoms with Gasteiger partial charge in [-0.2, -0.15) is 43.9 Å². The zero-order valence-corrected chi connectivity index (χ0v) is 12.6. The molecule has 1 aromatic rings. The van der Waals surface area contributed by atoms with Gasteiger partial charge in [0.05, 0.1) is 4.92 Å². The Morgan fingerprint density at radius 2 is 1.38 bits per heavy atom. The lowest BCUT2D eigenvalue weighted by atomic mass is 10.1. The normalized spacial score (nSPS) is 15.3. The Kier molecular flexibility index (Phi) is 5.75. The minimum Gasteiger partial charge on any atom is -0.258 e. The molecule has 26 heavy (non-hydrogen) atoms. The maximum Gasteiger partial charge on any atom is 0.460 e. The van der Waals surface area contributed by atoms with Crippen LogP contribution in [0.15, 0.2) is 28.7 Å². The average molecular weight is 416 g/mol. The quantitative estimate of drug-likeness (QED) is 0.303. The molecule has 0 N–H and O–H groups in total. The summed E-state index contributed by atoms with van der Waals surface area (Å²) in [7, 11) is -4.52. The molecule has 0 saturated heterocycles. The number of halogens is 9. The summed E-state index contributed by atoms with van der Waals surface area (Å²) in [4.78, 5) is 9.52. The molecule has 0 spiro atoms. The third-order valence-corrected chi connectivity index (χ3v) is 3.73. The number of hydrogen-bond donors (Lipinski definition) is 0.